The summed E-state index contributed by atoms with van der Waals surface area (Å²) < 4.78 is 0. The topological polar surface area (TPSA) is 38.9 Å². The molecule has 2 N–H and O–H groups in total. The van der Waals surface area contributed by atoms with Crippen molar-refractivity contribution in [2.45, 2.75) is 18.4 Å². The summed E-state index contributed by atoms with van der Waals surface area (Å²) in [6.07, 6.45) is 5.72. The SMILES string of the molecule is C=Cc1ccnc(C2(N)CC2)c1. The van der Waals surface area contributed by atoms with E-state index in [9.17, 15) is 0 Å². The van der Waals surface area contributed by atoms with Crippen molar-refractivity contribution in [1.29, 1.82) is 0 Å². The van der Waals surface area contributed by atoms with Gasteiger partial charge in [-0.3, -0.25) is 4.98 Å². The highest BCUT2D eigenvalue weighted by Gasteiger charge is 2.41. The number of hydrogen-bond acceptors (Lipinski definition) is 2. The molecule has 0 atom stereocenters. The van der Waals surface area contributed by atoms with E-state index in [2.05, 4.69) is 11.6 Å². The Balaban J connectivity index is 2.38. The van der Waals surface area contributed by atoms with Crippen LogP contribution in [0.5, 0.6) is 0 Å². The second kappa shape index (κ2) is 2.42. The third kappa shape index (κ3) is 1.14. The molecule has 0 spiro atoms. The fourth-order valence-electron chi connectivity index (χ4n) is 1.24. The Labute approximate surface area is 72.1 Å². The molecule has 0 aliphatic heterocycles. The van der Waals surface area contributed by atoms with E-state index in [0.29, 0.717) is 0 Å². The maximum absolute atomic E-state index is 5.99. The Hall–Kier alpha value is -1.15. The summed E-state index contributed by atoms with van der Waals surface area (Å²) in [5, 5.41) is 0. The van der Waals surface area contributed by atoms with Crippen molar-refractivity contribution in [2.75, 3.05) is 0 Å². The molecule has 0 unspecified atom stereocenters. The summed E-state index contributed by atoms with van der Waals surface area (Å²) in [7, 11) is 0. The average molecular weight is 160 g/mol. The third-order valence-corrected chi connectivity index (χ3v) is 2.32. The highest BCUT2D eigenvalue weighted by Crippen LogP contribution is 2.41. The van der Waals surface area contributed by atoms with Gasteiger partial charge in [-0.25, -0.2) is 0 Å². The van der Waals surface area contributed by atoms with Gasteiger partial charge in [-0.05, 0) is 30.5 Å². The Morgan fingerprint density at radius 1 is 1.58 bits per heavy atom. The van der Waals surface area contributed by atoms with E-state index in [1.807, 2.05) is 18.2 Å². The molecule has 1 heterocycles. The number of rotatable bonds is 2. The van der Waals surface area contributed by atoms with Gasteiger partial charge in [0.1, 0.15) is 0 Å². The molecular weight excluding hydrogens is 148 g/mol. The van der Waals surface area contributed by atoms with Crippen LogP contribution in [0.2, 0.25) is 0 Å². The Bertz CT molecular complexity index is 313. The smallest absolute Gasteiger partial charge is 0.0608 e. The fraction of sp³-hybridized carbons (Fsp3) is 0.300. The summed E-state index contributed by atoms with van der Waals surface area (Å²) in [5.74, 6) is 0. The predicted octanol–water partition coefficient (Wildman–Crippen LogP) is 1.67. The van der Waals surface area contributed by atoms with Crippen LogP contribution in [0.3, 0.4) is 0 Å². The van der Waals surface area contributed by atoms with Crippen LogP contribution in [-0.4, -0.2) is 4.98 Å². The Morgan fingerprint density at radius 3 is 2.92 bits per heavy atom. The number of nitrogens with zero attached hydrogens (tertiary/aromatic N) is 1. The van der Waals surface area contributed by atoms with Crippen LogP contribution < -0.4 is 5.73 Å². The van der Waals surface area contributed by atoms with E-state index in [-0.39, 0.29) is 5.54 Å². The zero-order chi connectivity index (χ0) is 8.60. The minimum Gasteiger partial charge on any atom is -0.320 e. The first-order chi connectivity index (χ1) is 5.74. The predicted molar refractivity (Wildman–Crippen MR) is 49.4 cm³/mol. The fourth-order valence-corrected chi connectivity index (χ4v) is 1.24. The summed E-state index contributed by atoms with van der Waals surface area (Å²) in [5.41, 5.74) is 7.96. The lowest BCUT2D eigenvalue weighted by Crippen LogP contribution is -2.20. The molecule has 2 nitrogen and oxygen atoms in total. The minimum absolute atomic E-state index is 0.126. The molecular formula is C10H12N2. The number of aromatic nitrogens is 1. The molecule has 2 rings (SSSR count). The van der Waals surface area contributed by atoms with Gasteiger partial charge in [0.15, 0.2) is 0 Å². The van der Waals surface area contributed by atoms with Crippen LogP contribution in [0.15, 0.2) is 24.9 Å². The molecule has 1 fully saturated rings. The molecule has 1 aliphatic carbocycles. The Morgan fingerprint density at radius 2 is 2.33 bits per heavy atom. The summed E-state index contributed by atoms with van der Waals surface area (Å²) in [4.78, 5) is 4.25. The van der Waals surface area contributed by atoms with Crippen LogP contribution in [0.1, 0.15) is 24.1 Å². The summed E-state index contributed by atoms with van der Waals surface area (Å²) >= 11 is 0. The summed E-state index contributed by atoms with van der Waals surface area (Å²) in [6, 6.07) is 3.95. The maximum Gasteiger partial charge on any atom is 0.0608 e. The molecule has 0 aromatic carbocycles. The van der Waals surface area contributed by atoms with E-state index in [1.54, 1.807) is 6.20 Å². The zero-order valence-corrected chi connectivity index (χ0v) is 6.96. The molecule has 12 heavy (non-hydrogen) atoms. The van der Waals surface area contributed by atoms with Crippen LogP contribution >= 0.6 is 0 Å². The van der Waals surface area contributed by atoms with Crippen LogP contribution in [0.25, 0.3) is 6.08 Å². The lowest BCUT2D eigenvalue weighted by atomic mass is 10.1. The molecule has 0 saturated heterocycles. The molecule has 1 aromatic rings. The average Bonchev–Trinajstić information content (AvgIpc) is 2.85. The first kappa shape index (κ1) is 7.50. The van der Waals surface area contributed by atoms with E-state index in [4.69, 9.17) is 5.73 Å². The van der Waals surface area contributed by atoms with Gasteiger partial charge in [0.25, 0.3) is 0 Å². The lowest BCUT2D eigenvalue weighted by molar-refractivity contribution is 0.707. The van der Waals surface area contributed by atoms with Gasteiger partial charge >= 0.3 is 0 Å². The minimum atomic E-state index is -0.126. The summed E-state index contributed by atoms with van der Waals surface area (Å²) in [6.45, 7) is 3.71. The van der Waals surface area contributed by atoms with Crippen molar-refractivity contribution < 1.29 is 0 Å². The monoisotopic (exact) mass is 160 g/mol. The second-order valence-electron chi connectivity index (χ2n) is 3.33. The molecule has 62 valence electrons. The quantitative estimate of drug-likeness (QED) is 0.714. The van der Waals surface area contributed by atoms with Crippen molar-refractivity contribution >= 4 is 6.08 Å². The Kier molecular flexibility index (Phi) is 1.51. The van der Waals surface area contributed by atoms with Gasteiger partial charge in [0.05, 0.1) is 11.2 Å². The van der Waals surface area contributed by atoms with Crippen molar-refractivity contribution in [3.63, 3.8) is 0 Å². The molecule has 0 radical (unpaired) electrons. The second-order valence-corrected chi connectivity index (χ2v) is 3.33. The lowest BCUT2D eigenvalue weighted by Gasteiger charge is -2.07. The van der Waals surface area contributed by atoms with Crippen molar-refractivity contribution in [1.82, 2.24) is 4.98 Å². The van der Waals surface area contributed by atoms with Crippen LogP contribution in [-0.2, 0) is 5.54 Å². The van der Waals surface area contributed by atoms with Gasteiger partial charge in [0, 0.05) is 6.20 Å². The largest absolute Gasteiger partial charge is 0.320 e. The molecule has 1 aromatic heterocycles. The van der Waals surface area contributed by atoms with Gasteiger partial charge < -0.3 is 5.73 Å². The maximum atomic E-state index is 5.99. The molecule has 1 aliphatic rings. The number of hydrogen-bond donors (Lipinski definition) is 1. The molecule has 1 saturated carbocycles. The zero-order valence-electron chi connectivity index (χ0n) is 6.96. The highest BCUT2D eigenvalue weighted by atomic mass is 14.9. The molecule has 2 heteroatoms. The first-order valence-electron chi connectivity index (χ1n) is 4.12. The standard InChI is InChI=1S/C10H12N2/c1-2-8-3-6-12-9(7-8)10(11)4-5-10/h2-3,6-7H,1,4-5,11H2. The van der Waals surface area contributed by atoms with Gasteiger partial charge in [-0.15, -0.1) is 0 Å². The normalized spacial score (nSPS) is 18.8. The first-order valence-corrected chi connectivity index (χ1v) is 4.12. The van der Waals surface area contributed by atoms with Crippen molar-refractivity contribution in [3.05, 3.63) is 36.2 Å². The van der Waals surface area contributed by atoms with Gasteiger partial charge in [-0.2, -0.15) is 0 Å². The van der Waals surface area contributed by atoms with E-state index >= 15 is 0 Å². The number of nitrogens with two attached hydrogens (primary N) is 1. The van der Waals surface area contributed by atoms with Gasteiger partial charge in [0.2, 0.25) is 0 Å². The van der Waals surface area contributed by atoms with E-state index in [0.717, 1.165) is 24.1 Å². The van der Waals surface area contributed by atoms with E-state index in [1.165, 1.54) is 0 Å². The molecule has 0 amide bonds. The van der Waals surface area contributed by atoms with Crippen molar-refractivity contribution in [3.8, 4) is 0 Å². The number of pyridine rings is 1. The van der Waals surface area contributed by atoms with Gasteiger partial charge in [-0.1, -0.05) is 12.7 Å². The van der Waals surface area contributed by atoms with E-state index < -0.39 is 0 Å². The highest BCUT2D eigenvalue weighted by molar-refractivity contribution is 5.47. The molecule has 0 bridgehead atoms. The van der Waals surface area contributed by atoms with Crippen molar-refractivity contribution in [2.24, 2.45) is 5.73 Å². The van der Waals surface area contributed by atoms with Crippen LogP contribution in [0, 0.1) is 0 Å². The third-order valence-electron chi connectivity index (χ3n) is 2.32. The van der Waals surface area contributed by atoms with Crippen LogP contribution in [0.4, 0.5) is 0 Å².